The molecule has 0 spiro atoms. The van der Waals surface area contributed by atoms with Crippen molar-refractivity contribution < 1.29 is 5.11 Å². The van der Waals surface area contributed by atoms with Crippen LogP contribution >= 0.6 is 38.6 Å². The Morgan fingerprint density at radius 2 is 2.25 bits per heavy atom. The summed E-state index contributed by atoms with van der Waals surface area (Å²) in [4.78, 5) is 5.76. The van der Waals surface area contributed by atoms with Crippen LogP contribution < -0.4 is 0 Å². The van der Waals surface area contributed by atoms with E-state index < -0.39 is 0 Å². The zero-order valence-corrected chi connectivity index (χ0v) is 12.0. The maximum absolute atomic E-state index is 9.22. The zero-order valence-electron chi connectivity index (χ0n) is 8.81. The first kappa shape index (κ1) is 12.2. The number of thiazole rings is 1. The molecule has 0 aliphatic rings. The lowest BCUT2D eigenvalue weighted by Gasteiger charge is -2.06. The van der Waals surface area contributed by atoms with Gasteiger partial charge in [-0.2, -0.15) is 0 Å². The summed E-state index contributed by atoms with van der Waals surface area (Å²) < 4.78 is 1.10. The Morgan fingerprint density at radius 3 is 2.81 bits per heavy atom. The minimum Gasteiger partial charge on any atom is -0.396 e. The average molecular weight is 318 g/mol. The highest BCUT2D eigenvalue weighted by atomic mass is 79.9. The van der Waals surface area contributed by atoms with E-state index in [9.17, 15) is 5.11 Å². The van der Waals surface area contributed by atoms with E-state index in [1.165, 1.54) is 4.88 Å². The normalized spacial score (nSPS) is 12.9. The molecule has 1 N–H and O–H groups in total. The standard InChI is InChI=1S/C11H12BrNOS2/c1-2-7(4-14)9-6-16-11(13-9)10-3-8(12)5-15-10/h3,5-7,14H,2,4H2,1H3. The van der Waals surface area contributed by atoms with Crippen molar-refractivity contribution in [2.24, 2.45) is 0 Å². The molecule has 0 aromatic carbocycles. The first-order valence-corrected chi connectivity index (χ1v) is 7.60. The number of aliphatic hydroxyl groups is 1. The molecule has 0 saturated heterocycles. The second kappa shape index (κ2) is 5.40. The van der Waals surface area contributed by atoms with Gasteiger partial charge in [-0.25, -0.2) is 4.98 Å². The molecule has 0 aliphatic carbocycles. The maximum Gasteiger partial charge on any atom is 0.133 e. The van der Waals surface area contributed by atoms with Crippen LogP contribution in [0.3, 0.4) is 0 Å². The first-order valence-electron chi connectivity index (χ1n) is 5.05. The maximum atomic E-state index is 9.22. The Labute approximate surface area is 111 Å². The molecule has 2 aromatic heterocycles. The van der Waals surface area contributed by atoms with E-state index in [-0.39, 0.29) is 12.5 Å². The minimum absolute atomic E-state index is 0.174. The summed E-state index contributed by atoms with van der Waals surface area (Å²) in [6, 6.07) is 2.08. The zero-order chi connectivity index (χ0) is 11.5. The summed E-state index contributed by atoms with van der Waals surface area (Å²) >= 11 is 6.76. The van der Waals surface area contributed by atoms with Crippen molar-refractivity contribution in [3.63, 3.8) is 0 Å². The van der Waals surface area contributed by atoms with E-state index in [4.69, 9.17) is 0 Å². The van der Waals surface area contributed by atoms with Gasteiger partial charge >= 0.3 is 0 Å². The second-order valence-electron chi connectivity index (χ2n) is 3.49. The number of hydrogen-bond donors (Lipinski definition) is 1. The molecule has 0 aliphatic heterocycles. The average Bonchev–Trinajstić information content (AvgIpc) is 2.89. The summed E-state index contributed by atoms with van der Waals surface area (Å²) in [5.41, 5.74) is 1.01. The molecule has 2 heterocycles. The van der Waals surface area contributed by atoms with Crippen molar-refractivity contribution in [2.75, 3.05) is 6.61 Å². The van der Waals surface area contributed by atoms with Gasteiger partial charge in [-0.1, -0.05) is 6.92 Å². The van der Waals surface area contributed by atoms with Gasteiger partial charge in [0.25, 0.3) is 0 Å². The fourth-order valence-corrected chi connectivity index (χ4v) is 3.85. The largest absolute Gasteiger partial charge is 0.396 e. The molecule has 0 saturated carbocycles. The molecule has 2 aromatic rings. The van der Waals surface area contributed by atoms with Gasteiger partial charge in [-0.15, -0.1) is 22.7 Å². The number of rotatable bonds is 4. The van der Waals surface area contributed by atoms with Gasteiger partial charge in [0.05, 0.1) is 17.2 Å². The number of aromatic nitrogens is 1. The topological polar surface area (TPSA) is 33.1 Å². The Kier molecular flexibility index (Phi) is 4.13. The fraction of sp³-hybridized carbons (Fsp3) is 0.364. The lowest BCUT2D eigenvalue weighted by Crippen LogP contribution is -2.02. The SMILES string of the molecule is CCC(CO)c1csc(-c2cc(Br)cs2)n1. The van der Waals surface area contributed by atoms with Gasteiger partial charge in [0.1, 0.15) is 5.01 Å². The minimum atomic E-state index is 0.174. The first-order chi connectivity index (χ1) is 7.74. The molecule has 0 bridgehead atoms. The molecular weight excluding hydrogens is 306 g/mol. The third-order valence-electron chi connectivity index (χ3n) is 2.43. The van der Waals surface area contributed by atoms with Gasteiger partial charge < -0.3 is 5.11 Å². The Hall–Kier alpha value is -0.230. The van der Waals surface area contributed by atoms with Gasteiger partial charge in [0, 0.05) is 21.2 Å². The van der Waals surface area contributed by atoms with Gasteiger partial charge in [-0.3, -0.25) is 0 Å². The number of halogens is 1. The molecule has 0 radical (unpaired) electrons. The highest BCUT2D eigenvalue weighted by molar-refractivity contribution is 9.10. The van der Waals surface area contributed by atoms with Crippen LogP contribution in [0.2, 0.25) is 0 Å². The van der Waals surface area contributed by atoms with Crippen LogP contribution in [0.15, 0.2) is 21.3 Å². The van der Waals surface area contributed by atoms with Crippen LogP contribution in [-0.4, -0.2) is 16.7 Å². The van der Waals surface area contributed by atoms with Crippen molar-refractivity contribution >= 4 is 38.6 Å². The molecule has 16 heavy (non-hydrogen) atoms. The van der Waals surface area contributed by atoms with Crippen molar-refractivity contribution in [3.05, 3.63) is 27.0 Å². The molecule has 2 nitrogen and oxygen atoms in total. The summed E-state index contributed by atoms with van der Waals surface area (Å²) in [5, 5.41) is 14.4. The predicted molar refractivity (Wildman–Crippen MR) is 73.2 cm³/mol. The molecule has 0 fully saturated rings. The summed E-state index contributed by atoms with van der Waals surface area (Å²) in [6.45, 7) is 2.25. The van der Waals surface area contributed by atoms with E-state index in [0.29, 0.717) is 0 Å². The van der Waals surface area contributed by atoms with Crippen LogP contribution in [0, 0.1) is 0 Å². The summed E-state index contributed by atoms with van der Waals surface area (Å²) in [6.07, 6.45) is 0.924. The molecule has 1 unspecified atom stereocenters. The van der Waals surface area contributed by atoms with Crippen LogP contribution in [0.1, 0.15) is 25.0 Å². The van der Waals surface area contributed by atoms with Crippen molar-refractivity contribution in [3.8, 4) is 9.88 Å². The van der Waals surface area contributed by atoms with E-state index in [1.54, 1.807) is 22.7 Å². The highest BCUT2D eigenvalue weighted by Gasteiger charge is 2.13. The monoisotopic (exact) mass is 317 g/mol. The van der Waals surface area contributed by atoms with Crippen molar-refractivity contribution in [2.45, 2.75) is 19.3 Å². The third-order valence-corrected chi connectivity index (χ3v) is 5.15. The van der Waals surface area contributed by atoms with Gasteiger partial charge in [0.15, 0.2) is 0 Å². The molecule has 5 heteroatoms. The van der Waals surface area contributed by atoms with Crippen LogP contribution in [0.5, 0.6) is 0 Å². The highest BCUT2D eigenvalue weighted by Crippen LogP contribution is 2.33. The van der Waals surface area contributed by atoms with Gasteiger partial charge in [-0.05, 0) is 28.4 Å². The molecule has 86 valence electrons. The molecule has 2 rings (SSSR count). The van der Waals surface area contributed by atoms with Crippen LogP contribution in [0.4, 0.5) is 0 Å². The van der Waals surface area contributed by atoms with Crippen LogP contribution in [0.25, 0.3) is 9.88 Å². The Bertz CT molecular complexity index is 462. The van der Waals surface area contributed by atoms with E-state index in [0.717, 1.165) is 21.6 Å². The Balaban J connectivity index is 2.25. The lowest BCUT2D eigenvalue weighted by atomic mass is 10.1. The Morgan fingerprint density at radius 1 is 1.44 bits per heavy atom. The van der Waals surface area contributed by atoms with E-state index in [2.05, 4.69) is 39.3 Å². The van der Waals surface area contributed by atoms with E-state index >= 15 is 0 Å². The number of hydrogen-bond acceptors (Lipinski definition) is 4. The molecular formula is C11H12BrNOS2. The van der Waals surface area contributed by atoms with Crippen LogP contribution in [-0.2, 0) is 0 Å². The van der Waals surface area contributed by atoms with Crippen molar-refractivity contribution in [1.82, 2.24) is 4.98 Å². The third kappa shape index (κ3) is 2.53. The summed E-state index contributed by atoms with van der Waals surface area (Å²) in [7, 11) is 0. The molecule has 1 atom stereocenters. The van der Waals surface area contributed by atoms with Crippen molar-refractivity contribution in [1.29, 1.82) is 0 Å². The van der Waals surface area contributed by atoms with Gasteiger partial charge in [0.2, 0.25) is 0 Å². The summed E-state index contributed by atoms with van der Waals surface area (Å²) in [5.74, 6) is 0.174. The quantitative estimate of drug-likeness (QED) is 0.920. The fourth-order valence-electron chi connectivity index (χ4n) is 1.44. The molecule has 0 amide bonds. The second-order valence-corrected chi connectivity index (χ2v) is 6.18. The van der Waals surface area contributed by atoms with E-state index in [1.807, 2.05) is 5.38 Å². The lowest BCUT2D eigenvalue weighted by molar-refractivity contribution is 0.260. The predicted octanol–water partition coefficient (Wildman–Crippen LogP) is 4.12. The number of aliphatic hydroxyl groups excluding tert-OH is 1. The smallest absolute Gasteiger partial charge is 0.133 e. The number of thiophene rings is 1. The number of nitrogens with zero attached hydrogens (tertiary/aromatic N) is 1.